The van der Waals surface area contributed by atoms with Gasteiger partial charge in [0.25, 0.3) is 5.91 Å². The maximum Gasteiger partial charge on any atom is 0.290 e. The Morgan fingerprint density at radius 3 is 2.33 bits per heavy atom. The van der Waals surface area contributed by atoms with E-state index in [-0.39, 0.29) is 55.4 Å². The number of nitrogens with one attached hydrogen (secondary N) is 4. The van der Waals surface area contributed by atoms with Gasteiger partial charge in [0, 0.05) is 33.7 Å². The van der Waals surface area contributed by atoms with Crippen molar-refractivity contribution in [3.8, 4) is 5.75 Å². The molecule has 2 aliphatic carbocycles. The Bertz CT molecular complexity index is 1890. The van der Waals surface area contributed by atoms with Crippen LogP contribution in [0.3, 0.4) is 0 Å². The van der Waals surface area contributed by atoms with Crippen molar-refractivity contribution in [3.05, 3.63) is 65.2 Å². The standard InChI is InChI=1S/C46H62N6O9/c1-4-13-36(42(55)44(57)47-27-39(54)50-41(45(58)51(2)3)33-24-31-17-8-9-18-32(31)25-33)48-43(56)37-26-35-28-52(37)46(59)40(30-15-6-5-7-16-30)49-38(53)23-29-14-12-19-34(22-29)60-20-10-11-21-61-35/h8-9,12,14,17-19,22,30,33,35-37,40-41H,4-7,10-11,13,15-16,20-21,23-28H2,1-3H3,(H,47,57)(H,48,56)(H,49,53)(H,50,54)/t35-,36-,37?,40-,41+/m1/s1. The molecule has 2 aromatic carbocycles. The molecule has 4 bridgehead atoms. The van der Waals surface area contributed by atoms with Gasteiger partial charge in [0.1, 0.15) is 23.9 Å². The van der Waals surface area contributed by atoms with Crippen molar-refractivity contribution in [3.63, 3.8) is 0 Å². The summed E-state index contributed by atoms with van der Waals surface area (Å²) < 4.78 is 12.2. The molecule has 0 spiro atoms. The lowest BCUT2D eigenvalue weighted by atomic mass is 9.83. The van der Waals surface area contributed by atoms with E-state index in [9.17, 15) is 33.6 Å². The van der Waals surface area contributed by atoms with E-state index in [0.717, 1.165) is 48.8 Å². The Hall–Kier alpha value is -5.31. The number of ketones is 1. The minimum atomic E-state index is -1.23. The van der Waals surface area contributed by atoms with Crippen LogP contribution in [-0.4, -0.2) is 122 Å². The van der Waals surface area contributed by atoms with Crippen LogP contribution >= 0.6 is 0 Å². The number of benzene rings is 2. The topological polar surface area (TPSA) is 193 Å². The van der Waals surface area contributed by atoms with Crippen LogP contribution in [0.1, 0.15) is 87.8 Å². The molecule has 15 heteroatoms. The smallest absolute Gasteiger partial charge is 0.290 e. The summed E-state index contributed by atoms with van der Waals surface area (Å²) in [5.41, 5.74) is 2.99. The molecular weight excluding hydrogens is 781 g/mol. The largest absolute Gasteiger partial charge is 0.494 e. The number of ether oxygens (including phenoxy) is 2. The summed E-state index contributed by atoms with van der Waals surface area (Å²) in [6, 6.07) is 11.3. The molecule has 1 saturated heterocycles. The van der Waals surface area contributed by atoms with E-state index in [2.05, 4.69) is 21.3 Å². The highest BCUT2D eigenvalue weighted by molar-refractivity contribution is 6.38. The molecule has 0 aromatic heterocycles. The molecule has 2 heterocycles. The van der Waals surface area contributed by atoms with Crippen molar-refractivity contribution >= 4 is 41.2 Å². The monoisotopic (exact) mass is 842 g/mol. The highest BCUT2D eigenvalue weighted by Crippen LogP contribution is 2.31. The zero-order valence-corrected chi connectivity index (χ0v) is 35.7. The third-order valence-electron chi connectivity index (χ3n) is 12.4. The second-order valence-electron chi connectivity index (χ2n) is 17.2. The lowest BCUT2D eigenvalue weighted by molar-refractivity contribution is -0.144. The Morgan fingerprint density at radius 2 is 1.62 bits per heavy atom. The van der Waals surface area contributed by atoms with Gasteiger partial charge in [0.15, 0.2) is 0 Å². The quantitative estimate of drug-likeness (QED) is 0.233. The summed E-state index contributed by atoms with van der Waals surface area (Å²) in [4.78, 5) is 98.7. The second kappa shape index (κ2) is 21.5. The van der Waals surface area contributed by atoms with E-state index in [0.29, 0.717) is 51.1 Å². The molecule has 1 saturated carbocycles. The molecule has 4 aliphatic rings. The van der Waals surface area contributed by atoms with Crippen molar-refractivity contribution < 1.29 is 43.0 Å². The first-order valence-corrected chi connectivity index (χ1v) is 22.0. The first kappa shape index (κ1) is 45.2. The molecule has 330 valence electrons. The van der Waals surface area contributed by atoms with Gasteiger partial charge in [0.05, 0.1) is 31.7 Å². The van der Waals surface area contributed by atoms with Crippen LogP contribution in [0.15, 0.2) is 48.5 Å². The number of carbonyl (C=O) groups is 7. The number of fused-ring (bicyclic) bond motifs is 5. The van der Waals surface area contributed by atoms with Gasteiger partial charge < -0.3 is 40.5 Å². The zero-order chi connectivity index (χ0) is 43.5. The molecule has 5 atom stereocenters. The fraction of sp³-hybridized carbons (Fsp3) is 0.587. The third-order valence-corrected chi connectivity index (χ3v) is 12.4. The molecule has 61 heavy (non-hydrogen) atoms. The first-order chi connectivity index (χ1) is 29.4. The average molecular weight is 843 g/mol. The summed E-state index contributed by atoms with van der Waals surface area (Å²) in [6.07, 6.45) is 7.36. The van der Waals surface area contributed by atoms with Crippen molar-refractivity contribution in [2.75, 3.05) is 40.4 Å². The predicted molar refractivity (Wildman–Crippen MR) is 226 cm³/mol. The Labute approximate surface area is 358 Å². The van der Waals surface area contributed by atoms with E-state index in [1.54, 1.807) is 14.1 Å². The number of rotatable bonds is 12. The maximum atomic E-state index is 14.6. The predicted octanol–water partition coefficient (Wildman–Crippen LogP) is 2.41. The van der Waals surface area contributed by atoms with Gasteiger partial charge in [-0.3, -0.25) is 33.6 Å². The average Bonchev–Trinajstić information content (AvgIpc) is 3.89. The van der Waals surface area contributed by atoms with Crippen molar-refractivity contribution in [2.24, 2.45) is 11.8 Å². The van der Waals surface area contributed by atoms with Gasteiger partial charge in [-0.1, -0.05) is 69.0 Å². The number of likely N-dealkylation sites (N-methyl/N-ethyl adjacent to an activating group) is 1. The number of hydrogen-bond donors (Lipinski definition) is 4. The summed E-state index contributed by atoms with van der Waals surface area (Å²) >= 11 is 0. The Balaban J connectivity index is 1.12. The van der Waals surface area contributed by atoms with Gasteiger partial charge in [0.2, 0.25) is 35.3 Å². The number of carbonyl (C=O) groups excluding carboxylic acids is 7. The van der Waals surface area contributed by atoms with Crippen LogP contribution < -0.4 is 26.0 Å². The zero-order valence-electron chi connectivity index (χ0n) is 35.7. The van der Waals surface area contributed by atoms with Gasteiger partial charge in [-0.15, -0.1) is 0 Å². The first-order valence-electron chi connectivity index (χ1n) is 22.0. The summed E-state index contributed by atoms with van der Waals surface area (Å²) in [7, 11) is 3.23. The van der Waals surface area contributed by atoms with Crippen LogP contribution in [0.4, 0.5) is 0 Å². The minimum absolute atomic E-state index is 0.0536. The third kappa shape index (κ3) is 12.0. The van der Waals surface area contributed by atoms with Gasteiger partial charge in [-0.05, 0) is 85.6 Å². The molecule has 2 fully saturated rings. The van der Waals surface area contributed by atoms with Crippen LogP contribution in [-0.2, 0) is 57.6 Å². The molecule has 6 rings (SSSR count). The van der Waals surface area contributed by atoms with E-state index >= 15 is 0 Å². The van der Waals surface area contributed by atoms with Crippen molar-refractivity contribution in [1.29, 1.82) is 0 Å². The van der Waals surface area contributed by atoms with E-state index < -0.39 is 60.3 Å². The van der Waals surface area contributed by atoms with Crippen LogP contribution in [0, 0.1) is 11.8 Å². The minimum Gasteiger partial charge on any atom is -0.494 e. The van der Waals surface area contributed by atoms with E-state index in [1.165, 1.54) is 9.80 Å². The molecule has 2 aliphatic heterocycles. The Morgan fingerprint density at radius 1 is 0.902 bits per heavy atom. The fourth-order valence-corrected chi connectivity index (χ4v) is 9.18. The van der Waals surface area contributed by atoms with Crippen molar-refractivity contribution in [1.82, 2.24) is 31.1 Å². The lowest BCUT2D eigenvalue weighted by Gasteiger charge is -2.35. The van der Waals surface area contributed by atoms with Crippen LogP contribution in [0.25, 0.3) is 0 Å². The molecule has 1 unspecified atom stereocenters. The van der Waals surface area contributed by atoms with Gasteiger partial charge in [-0.2, -0.15) is 0 Å². The van der Waals surface area contributed by atoms with Crippen LogP contribution in [0.2, 0.25) is 0 Å². The normalized spacial score (nSPS) is 22.4. The molecular formula is C46H62N6O9. The van der Waals surface area contributed by atoms with Gasteiger partial charge in [-0.25, -0.2) is 0 Å². The summed E-state index contributed by atoms with van der Waals surface area (Å²) in [5.74, 6) is -3.80. The second-order valence-corrected chi connectivity index (χ2v) is 17.2. The van der Waals surface area contributed by atoms with Crippen molar-refractivity contribution in [2.45, 2.75) is 121 Å². The number of nitrogens with zero attached hydrogens (tertiary/aromatic N) is 2. The van der Waals surface area contributed by atoms with E-state index in [4.69, 9.17) is 9.47 Å². The highest BCUT2D eigenvalue weighted by atomic mass is 16.5. The SMILES string of the molecule is CCC[C@@H](NC(=O)C1C[C@@H]2CN1C(=O)[C@@H](C1CCCCC1)NC(=O)Cc1cccc(c1)OCCCCO2)C(=O)C(=O)NCC(=O)N[C@H](C(=O)N(C)C)C1Cc2ccccc2C1. The summed E-state index contributed by atoms with van der Waals surface area (Å²) in [6.45, 7) is 2.23. The van der Waals surface area contributed by atoms with Crippen LogP contribution in [0.5, 0.6) is 5.75 Å². The molecule has 4 N–H and O–H groups in total. The maximum absolute atomic E-state index is 14.6. The molecule has 2 aromatic rings. The summed E-state index contributed by atoms with van der Waals surface area (Å²) in [5, 5.41) is 11.0. The van der Waals surface area contributed by atoms with E-state index in [1.807, 2.05) is 55.5 Å². The van der Waals surface area contributed by atoms with Gasteiger partial charge >= 0.3 is 0 Å². The molecule has 15 nitrogen and oxygen atoms in total. The number of Topliss-reactive ketones (excluding diaryl/α,β-unsaturated/α-hetero) is 1. The fourth-order valence-electron chi connectivity index (χ4n) is 9.18. The molecule has 0 radical (unpaired) electrons. The molecule has 6 amide bonds. The number of hydrogen-bond acceptors (Lipinski definition) is 9. The highest BCUT2D eigenvalue weighted by Gasteiger charge is 2.45. The lowest BCUT2D eigenvalue weighted by Crippen LogP contribution is -2.58. The Kier molecular flexibility index (Phi) is 15.9. The number of amides is 6.